The third kappa shape index (κ3) is 4.94. The van der Waals surface area contributed by atoms with Gasteiger partial charge in [0.15, 0.2) is 0 Å². The van der Waals surface area contributed by atoms with Crippen LogP contribution >= 0.6 is 0 Å². The standard InChI is InChI=1S/C24H29N5O/c1-18-12-19(2)29(27-18)23-9-3-6-20(13-23)16-28-11-5-7-21(17-28)14-26-24(30)22-8-4-10-25-15-22/h3-4,6,8-10,12-13,15,21H,5,7,11,14,16-17H2,1-2H3,(H,26,30). The Bertz CT molecular complexity index is 998. The Morgan fingerprint density at radius 3 is 2.87 bits per heavy atom. The summed E-state index contributed by atoms with van der Waals surface area (Å²) in [7, 11) is 0. The summed E-state index contributed by atoms with van der Waals surface area (Å²) in [6.07, 6.45) is 5.60. The molecule has 3 aromatic rings. The normalized spacial score (nSPS) is 17.1. The number of pyridine rings is 1. The molecule has 0 radical (unpaired) electrons. The monoisotopic (exact) mass is 403 g/mol. The van der Waals surface area contributed by atoms with E-state index in [2.05, 4.69) is 57.6 Å². The first kappa shape index (κ1) is 20.3. The van der Waals surface area contributed by atoms with Crippen LogP contribution in [0.2, 0.25) is 0 Å². The highest BCUT2D eigenvalue weighted by molar-refractivity contribution is 5.93. The van der Waals surface area contributed by atoms with E-state index in [1.54, 1.807) is 24.5 Å². The number of carbonyl (C=O) groups is 1. The largest absolute Gasteiger partial charge is 0.352 e. The van der Waals surface area contributed by atoms with Gasteiger partial charge in [-0.1, -0.05) is 12.1 Å². The van der Waals surface area contributed by atoms with E-state index in [4.69, 9.17) is 0 Å². The molecule has 1 fully saturated rings. The van der Waals surface area contributed by atoms with Gasteiger partial charge in [0.2, 0.25) is 0 Å². The maximum Gasteiger partial charge on any atom is 0.252 e. The second kappa shape index (κ2) is 9.22. The lowest BCUT2D eigenvalue weighted by Crippen LogP contribution is -2.40. The fraction of sp³-hybridized carbons (Fsp3) is 0.375. The Balaban J connectivity index is 1.34. The van der Waals surface area contributed by atoms with Crippen LogP contribution in [-0.4, -0.2) is 45.2 Å². The molecule has 3 heterocycles. The second-order valence-corrected chi connectivity index (χ2v) is 8.20. The number of aromatic nitrogens is 3. The summed E-state index contributed by atoms with van der Waals surface area (Å²) in [6, 6.07) is 14.3. The zero-order chi connectivity index (χ0) is 20.9. The number of hydrogen-bond acceptors (Lipinski definition) is 4. The molecule has 30 heavy (non-hydrogen) atoms. The minimum absolute atomic E-state index is 0.0437. The van der Waals surface area contributed by atoms with E-state index in [9.17, 15) is 4.79 Å². The highest BCUT2D eigenvalue weighted by Gasteiger charge is 2.21. The van der Waals surface area contributed by atoms with Crippen molar-refractivity contribution in [2.45, 2.75) is 33.2 Å². The number of rotatable bonds is 6. The van der Waals surface area contributed by atoms with Gasteiger partial charge in [-0.05, 0) is 75.0 Å². The Labute approximate surface area is 177 Å². The molecule has 0 aliphatic carbocycles. The predicted molar refractivity (Wildman–Crippen MR) is 118 cm³/mol. The Morgan fingerprint density at radius 1 is 1.20 bits per heavy atom. The van der Waals surface area contributed by atoms with Gasteiger partial charge in [0.05, 0.1) is 16.9 Å². The average molecular weight is 404 g/mol. The molecular formula is C24H29N5O. The van der Waals surface area contributed by atoms with Gasteiger partial charge in [0.25, 0.3) is 5.91 Å². The van der Waals surface area contributed by atoms with Gasteiger partial charge >= 0.3 is 0 Å². The topological polar surface area (TPSA) is 63.0 Å². The van der Waals surface area contributed by atoms with Crippen LogP contribution in [0.4, 0.5) is 0 Å². The number of likely N-dealkylation sites (tertiary alicyclic amines) is 1. The van der Waals surface area contributed by atoms with Gasteiger partial charge in [-0.25, -0.2) is 4.68 Å². The van der Waals surface area contributed by atoms with Crippen molar-refractivity contribution in [1.82, 2.24) is 25.0 Å². The van der Waals surface area contributed by atoms with Crippen LogP contribution in [0.15, 0.2) is 54.9 Å². The molecule has 6 nitrogen and oxygen atoms in total. The number of benzene rings is 1. The molecule has 4 rings (SSSR count). The molecule has 1 aliphatic rings. The molecule has 0 bridgehead atoms. The first-order valence-corrected chi connectivity index (χ1v) is 10.6. The summed E-state index contributed by atoms with van der Waals surface area (Å²) >= 11 is 0. The van der Waals surface area contributed by atoms with Crippen LogP contribution in [0.1, 0.15) is 40.2 Å². The maximum absolute atomic E-state index is 12.3. The number of piperidine rings is 1. The van der Waals surface area contributed by atoms with Crippen molar-refractivity contribution < 1.29 is 4.79 Å². The predicted octanol–water partition coefficient (Wildman–Crippen LogP) is 3.53. The van der Waals surface area contributed by atoms with Crippen molar-refractivity contribution in [3.05, 3.63) is 77.4 Å². The lowest BCUT2D eigenvalue weighted by molar-refractivity contribution is 0.0930. The van der Waals surface area contributed by atoms with Crippen LogP contribution in [0.25, 0.3) is 5.69 Å². The van der Waals surface area contributed by atoms with E-state index in [1.807, 2.05) is 11.6 Å². The fourth-order valence-electron chi connectivity index (χ4n) is 4.23. The molecule has 1 aromatic carbocycles. The van der Waals surface area contributed by atoms with Crippen LogP contribution in [0, 0.1) is 19.8 Å². The third-order valence-electron chi connectivity index (χ3n) is 5.65. The smallest absolute Gasteiger partial charge is 0.252 e. The minimum atomic E-state index is -0.0437. The van der Waals surface area contributed by atoms with Crippen LogP contribution < -0.4 is 5.32 Å². The third-order valence-corrected chi connectivity index (χ3v) is 5.65. The van der Waals surface area contributed by atoms with Crippen LogP contribution in [0.3, 0.4) is 0 Å². The summed E-state index contributed by atoms with van der Waals surface area (Å²) in [5.74, 6) is 0.427. The molecule has 1 N–H and O–H groups in total. The van der Waals surface area contributed by atoms with E-state index in [1.165, 1.54) is 5.56 Å². The van der Waals surface area contributed by atoms with Gasteiger partial charge in [-0.15, -0.1) is 0 Å². The van der Waals surface area contributed by atoms with Crippen molar-refractivity contribution >= 4 is 5.91 Å². The Kier molecular flexibility index (Phi) is 6.23. The summed E-state index contributed by atoms with van der Waals surface area (Å²) < 4.78 is 2.01. The van der Waals surface area contributed by atoms with Crippen molar-refractivity contribution in [2.24, 2.45) is 5.92 Å². The van der Waals surface area contributed by atoms with Crippen molar-refractivity contribution in [2.75, 3.05) is 19.6 Å². The number of nitrogens with one attached hydrogen (secondary N) is 1. The molecule has 156 valence electrons. The van der Waals surface area contributed by atoms with Crippen molar-refractivity contribution in [1.29, 1.82) is 0 Å². The zero-order valence-electron chi connectivity index (χ0n) is 17.7. The fourth-order valence-corrected chi connectivity index (χ4v) is 4.23. The Morgan fingerprint density at radius 2 is 2.10 bits per heavy atom. The van der Waals surface area contributed by atoms with Crippen LogP contribution in [-0.2, 0) is 6.54 Å². The summed E-state index contributed by atoms with van der Waals surface area (Å²) in [5.41, 5.74) is 5.19. The first-order chi connectivity index (χ1) is 14.6. The Hall–Kier alpha value is -2.99. The quantitative estimate of drug-likeness (QED) is 0.684. The highest BCUT2D eigenvalue weighted by atomic mass is 16.1. The molecule has 0 spiro atoms. The molecule has 1 amide bonds. The molecule has 1 aliphatic heterocycles. The lowest BCUT2D eigenvalue weighted by Gasteiger charge is -2.33. The van der Waals surface area contributed by atoms with Gasteiger partial charge in [0, 0.05) is 37.7 Å². The van der Waals surface area contributed by atoms with E-state index < -0.39 is 0 Å². The van der Waals surface area contributed by atoms with Crippen LogP contribution in [0.5, 0.6) is 0 Å². The molecule has 6 heteroatoms. The highest BCUT2D eigenvalue weighted by Crippen LogP contribution is 2.20. The number of hydrogen-bond donors (Lipinski definition) is 1. The molecule has 0 saturated carbocycles. The molecule has 2 aromatic heterocycles. The van der Waals surface area contributed by atoms with E-state index in [0.29, 0.717) is 18.0 Å². The van der Waals surface area contributed by atoms with E-state index in [0.717, 1.165) is 49.6 Å². The summed E-state index contributed by atoms with van der Waals surface area (Å²) in [5, 5.41) is 7.68. The molecule has 1 unspecified atom stereocenters. The number of carbonyl (C=O) groups excluding carboxylic acids is 1. The van der Waals surface area contributed by atoms with Gasteiger partial charge in [0.1, 0.15) is 0 Å². The van der Waals surface area contributed by atoms with Gasteiger partial charge < -0.3 is 5.32 Å². The summed E-state index contributed by atoms with van der Waals surface area (Å²) in [4.78, 5) is 18.8. The SMILES string of the molecule is Cc1cc(C)n(-c2cccc(CN3CCCC(CNC(=O)c4cccnc4)C3)c2)n1. The zero-order valence-corrected chi connectivity index (χ0v) is 17.7. The second-order valence-electron chi connectivity index (χ2n) is 8.20. The number of nitrogens with zero attached hydrogens (tertiary/aromatic N) is 4. The number of amides is 1. The summed E-state index contributed by atoms with van der Waals surface area (Å²) in [6.45, 7) is 7.82. The molecular weight excluding hydrogens is 374 g/mol. The van der Waals surface area contributed by atoms with Crippen molar-refractivity contribution in [3.8, 4) is 5.69 Å². The lowest BCUT2D eigenvalue weighted by atomic mass is 9.97. The number of aryl methyl sites for hydroxylation is 2. The molecule has 1 saturated heterocycles. The first-order valence-electron chi connectivity index (χ1n) is 10.6. The minimum Gasteiger partial charge on any atom is -0.352 e. The van der Waals surface area contributed by atoms with E-state index >= 15 is 0 Å². The average Bonchev–Trinajstić information content (AvgIpc) is 3.11. The maximum atomic E-state index is 12.3. The van der Waals surface area contributed by atoms with E-state index in [-0.39, 0.29) is 5.91 Å². The molecule has 1 atom stereocenters. The van der Waals surface area contributed by atoms with Gasteiger partial charge in [-0.3, -0.25) is 14.7 Å². The van der Waals surface area contributed by atoms with Gasteiger partial charge in [-0.2, -0.15) is 5.10 Å². The van der Waals surface area contributed by atoms with Crippen molar-refractivity contribution in [3.63, 3.8) is 0 Å².